The van der Waals surface area contributed by atoms with E-state index in [2.05, 4.69) is 4.98 Å². The molecule has 1 aromatic heterocycles. The monoisotopic (exact) mass is 402 g/mol. The van der Waals surface area contributed by atoms with Crippen LogP contribution in [0.5, 0.6) is 5.75 Å². The summed E-state index contributed by atoms with van der Waals surface area (Å²) in [5.74, 6) is -1.43. The third kappa shape index (κ3) is 3.61. The van der Waals surface area contributed by atoms with Crippen LogP contribution in [-0.4, -0.2) is 27.8 Å². The summed E-state index contributed by atoms with van der Waals surface area (Å²) in [5.41, 5.74) is 0.642. The van der Waals surface area contributed by atoms with Gasteiger partial charge in [0.15, 0.2) is 5.76 Å². The molecule has 6 nitrogen and oxygen atoms in total. The number of nitriles is 1. The number of hydrogen-bond acceptors (Lipinski definition) is 7. The van der Waals surface area contributed by atoms with Gasteiger partial charge < -0.3 is 14.9 Å². The lowest BCUT2D eigenvalue weighted by Gasteiger charge is -2.08. The molecular weight excluding hydrogens is 388 g/mol. The van der Waals surface area contributed by atoms with E-state index in [1.165, 1.54) is 23.5 Å². The molecule has 0 aliphatic rings. The minimum atomic E-state index is -0.804. The van der Waals surface area contributed by atoms with E-state index in [0.29, 0.717) is 10.5 Å². The van der Waals surface area contributed by atoms with Crippen LogP contribution in [0.1, 0.15) is 15.4 Å². The number of fused-ring (bicyclic) bond motifs is 2. The number of aromatic hydroxyl groups is 1. The van der Waals surface area contributed by atoms with Gasteiger partial charge in [-0.2, -0.15) is 5.26 Å². The summed E-state index contributed by atoms with van der Waals surface area (Å²) in [4.78, 5) is 16.7. The van der Waals surface area contributed by atoms with Crippen LogP contribution in [0.25, 0.3) is 26.6 Å². The summed E-state index contributed by atoms with van der Waals surface area (Å²) < 4.78 is 5.99. The highest BCUT2D eigenvalue weighted by molar-refractivity contribution is 7.19. The number of para-hydroxylation sites is 1. The average molecular weight is 402 g/mol. The zero-order valence-corrected chi connectivity index (χ0v) is 15.8. The van der Waals surface area contributed by atoms with Crippen molar-refractivity contribution in [3.63, 3.8) is 0 Å². The molecule has 0 atom stereocenters. The maximum atomic E-state index is 12.4. The number of aliphatic hydroxyl groups is 1. The second-order valence-electron chi connectivity index (χ2n) is 6.21. The first-order valence-electron chi connectivity index (χ1n) is 8.64. The summed E-state index contributed by atoms with van der Waals surface area (Å²) in [6, 6.07) is 19.5. The molecule has 0 bridgehead atoms. The molecule has 142 valence electrons. The van der Waals surface area contributed by atoms with Crippen molar-refractivity contribution < 1.29 is 19.7 Å². The zero-order valence-electron chi connectivity index (χ0n) is 15.0. The van der Waals surface area contributed by atoms with Gasteiger partial charge in [0.05, 0.1) is 10.2 Å². The second-order valence-corrected chi connectivity index (χ2v) is 7.24. The molecule has 0 unspecified atom stereocenters. The van der Waals surface area contributed by atoms with Gasteiger partial charge in [-0.25, -0.2) is 9.78 Å². The van der Waals surface area contributed by atoms with E-state index in [1.807, 2.05) is 54.6 Å². The lowest BCUT2D eigenvalue weighted by molar-refractivity contribution is 0.0500. The Labute approximate surface area is 169 Å². The van der Waals surface area contributed by atoms with Crippen molar-refractivity contribution in [3.05, 3.63) is 77.0 Å². The van der Waals surface area contributed by atoms with Crippen LogP contribution in [0.15, 0.2) is 66.4 Å². The van der Waals surface area contributed by atoms with Gasteiger partial charge in [0.1, 0.15) is 34.6 Å². The molecule has 0 aliphatic carbocycles. The highest BCUT2D eigenvalue weighted by atomic mass is 32.1. The van der Waals surface area contributed by atoms with Crippen LogP contribution in [-0.2, 0) is 4.74 Å². The van der Waals surface area contributed by atoms with Crippen molar-refractivity contribution in [3.8, 4) is 11.8 Å². The molecule has 3 aromatic carbocycles. The SMILES string of the molecule is N#CC(=C(O)COC(=O)c1cc2ccccc2cc1O)c1nc2ccccc2s1. The maximum Gasteiger partial charge on any atom is 0.342 e. The molecule has 0 spiro atoms. The fourth-order valence-electron chi connectivity index (χ4n) is 2.89. The molecule has 0 amide bonds. The number of carbonyl (C=O) groups excluding carboxylic acids is 1. The number of phenolic OH excluding ortho intramolecular Hbond substituents is 1. The molecule has 1 heterocycles. The predicted molar refractivity (Wildman–Crippen MR) is 111 cm³/mol. The highest BCUT2D eigenvalue weighted by Gasteiger charge is 2.18. The number of ether oxygens (including phenoxy) is 1. The van der Waals surface area contributed by atoms with E-state index in [0.717, 1.165) is 15.5 Å². The molecule has 0 radical (unpaired) electrons. The number of aromatic nitrogens is 1. The van der Waals surface area contributed by atoms with E-state index < -0.39 is 18.3 Å². The Morgan fingerprint density at radius 2 is 1.79 bits per heavy atom. The summed E-state index contributed by atoms with van der Waals surface area (Å²) in [7, 11) is 0. The van der Waals surface area contributed by atoms with Crippen LogP contribution >= 0.6 is 11.3 Å². The van der Waals surface area contributed by atoms with Gasteiger partial charge >= 0.3 is 5.97 Å². The van der Waals surface area contributed by atoms with Crippen LogP contribution < -0.4 is 0 Å². The maximum absolute atomic E-state index is 12.4. The summed E-state index contributed by atoms with van der Waals surface area (Å²) in [5, 5.41) is 31.8. The third-order valence-corrected chi connectivity index (χ3v) is 5.39. The molecule has 2 N–H and O–H groups in total. The number of aliphatic hydroxyl groups excluding tert-OH is 1. The smallest absolute Gasteiger partial charge is 0.342 e. The fraction of sp³-hybridized carbons (Fsp3) is 0.0455. The lowest BCUT2D eigenvalue weighted by atomic mass is 10.1. The number of carbonyl (C=O) groups is 1. The van der Waals surface area contributed by atoms with Crippen LogP contribution in [0.2, 0.25) is 0 Å². The Hall–Kier alpha value is -3.89. The van der Waals surface area contributed by atoms with Gasteiger partial charge in [-0.1, -0.05) is 36.4 Å². The van der Waals surface area contributed by atoms with Crippen molar-refractivity contribution >= 4 is 43.9 Å². The van der Waals surface area contributed by atoms with Crippen molar-refractivity contribution in [1.82, 2.24) is 4.98 Å². The van der Waals surface area contributed by atoms with Crippen molar-refractivity contribution in [1.29, 1.82) is 5.26 Å². The van der Waals surface area contributed by atoms with E-state index in [-0.39, 0.29) is 16.9 Å². The number of thiazole rings is 1. The Balaban J connectivity index is 1.57. The Kier molecular flexibility index (Phi) is 4.85. The first-order valence-corrected chi connectivity index (χ1v) is 9.45. The van der Waals surface area contributed by atoms with E-state index in [4.69, 9.17) is 4.74 Å². The fourth-order valence-corrected chi connectivity index (χ4v) is 3.87. The minimum Gasteiger partial charge on any atom is -0.507 e. The van der Waals surface area contributed by atoms with E-state index in [1.54, 1.807) is 0 Å². The molecule has 4 rings (SSSR count). The molecule has 29 heavy (non-hydrogen) atoms. The Morgan fingerprint density at radius 1 is 1.10 bits per heavy atom. The zero-order chi connectivity index (χ0) is 20.4. The topological polar surface area (TPSA) is 103 Å². The van der Waals surface area contributed by atoms with Gasteiger partial charge in [-0.05, 0) is 35.0 Å². The molecule has 0 aliphatic heterocycles. The molecule has 0 fully saturated rings. The Bertz CT molecular complexity index is 1280. The standard InChI is InChI=1S/C22H14N2O4S/c23-11-16(21-24-17-7-3-4-8-20(17)29-21)19(26)12-28-22(27)15-9-13-5-1-2-6-14(13)10-18(15)25/h1-10,25-26H,12H2. The summed E-state index contributed by atoms with van der Waals surface area (Å²) in [6.07, 6.45) is 0. The number of rotatable bonds is 4. The Morgan fingerprint density at radius 3 is 2.52 bits per heavy atom. The normalized spacial score (nSPS) is 11.8. The number of phenols is 1. The van der Waals surface area contributed by atoms with Gasteiger partial charge in [-0.3, -0.25) is 0 Å². The van der Waals surface area contributed by atoms with E-state index >= 15 is 0 Å². The summed E-state index contributed by atoms with van der Waals surface area (Å²) >= 11 is 1.26. The van der Waals surface area contributed by atoms with Crippen molar-refractivity contribution in [2.45, 2.75) is 0 Å². The van der Waals surface area contributed by atoms with Gasteiger partial charge in [0, 0.05) is 0 Å². The van der Waals surface area contributed by atoms with Crippen LogP contribution in [0.3, 0.4) is 0 Å². The number of esters is 1. The first kappa shape index (κ1) is 18.5. The highest BCUT2D eigenvalue weighted by Crippen LogP contribution is 2.29. The molecule has 0 saturated carbocycles. The van der Waals surface area contributed by atoms with Crippen molar-refractivity contribution in [2.75, 3.05) is 6.61 Å². The molecule has 7 heteroatoms. The number of hydrogen-bond donors (Lipinski definition) is 2. The summed E-state index contributed by atoms with van der Waals surface area (Å²) in [6.45, 7) is -0.510. The average Bonchev–Trinajstić information content (AvgIpc) is 3.15. The third-order valence-electron chi connectivity index (χ3n) is 4.33. The van der Waals surface area contributed by atoms with Gasteiger partial charge in [-0.15, -0.1) is 11.3 Å². The van der Waals surface area contributed by atoms with Gasteiger partial charge in [0.2, 0.25) is 0 Å². The number of benzene rings is 3. The molecular formula is C22H14N2O4S. The largest absolute Gasteiger partial charge is 0.507 e. The number of allylic oxidation sites excluding steroid dienone is 1. The van der Waals surface area contributed by atoms with Crippen LogP contribution in [0, 0.1) is 11.3 Å². The lowest BCUT2D eigenvalue weighted by Crippen LogP contribution is -2.09. The van der Waals surface area contributed by atoms with Crippen molar-refractivity contribution in [2.24, 2.45) is 0 Å². The first-order chi connectivity index (χ1) is 14.1. The minimum absolute atomic E-state index is 0.0185. The quantitative estimate of drug-likeness (QED) is 0.289. The second kappa shape index (κ2) is 7.62. The van der Waals surface area contributed by atoms with Crippen LogP contribution in [0.4, 0.5) is 0 Å². The predicted octanol–water partition coefficient (Wildman–Crippen LogP) is 4.80. The molecule has 4 aromatic rings. The number of nitrogens with zero attached hydrogens (tertiary/aromatic N) is 2. The van der Waals surface area contributed by atoms with E-state index in [9.17, 15) is 20.3 Å². The molecule has 0 saturated heterocycles. The van der Waals surface area contributed by atoms with Gasteiger partial charge in [0.25, 0.3) is 0 Å².